The van der Waals surface area contributed by atoms with Crippen molar-refractivity contribution < 1.29 is 4.79 Å². The Bertz CT molecular complexity index is 495. The number of nitrogens with zero attached hydrogens (tertiary/aromatic N) is 3. The van der Waals surface area contributed by atoms with Crippen LogP contribution in [0.15, 0.2) is 0 Å². The smallest absolute Gasteiger partial charge is 0.255 e. The Balaban J connectivity index is 1.86. The zero-order valence-corrected chi connectivity index (χ0v) is 13.8. The Morgan fingerprint density at radius 3 is 2.81 bits per heavy atom. The van der Waals surface area contributed by atoms with Crippen molar-refractivity contribution in [1.29, 1.82) is 0 Å². The van der Waals surface area contributed by atoms with Gasteiger partial charge in [0.1, 0.15) is 0 Å². The van der Waals surface area contributed by atoms with Crippen LogP contribution in [0.4, 0.5) is 0 Å². The number of carbonyl (C=O) groups is 1. The highest BCUT2D eigenvalue weighted by Crippen LogP contribution is 2.18. The maximum atomic E-state index is 12.3. The van der Waals surface area contributed by atoms with E-state index in [1.165, 1.54) is 19.4 Å². The third-order valence-electron chi connectivity index (χ3n) is 4.47. The van der Waals surface area contributed by atoms with Crippen molar-refractivity contribution in [3.05, 3.63) is 17.0 Å². The summed E-state index contributed by atoms with van der Waals surface area (Å²) in [6, 6.07) is 0. The van der Waals surface area contributed by atoms with Gasteiger partial charge in [0.25, 0.3) is 5.91 Å². The molecule has 0 aromatic carbocycles. The highest BCUT2D eigenvalue weighted by Gasteiger charge is 2.19. The number of hydrogen-bond acceptors (Lipinski definition) is 3. The van der Waals surface area contributed by atoms with Crippen molar-refractivity contribution >= 4 is 5.91 Å². The number of amides is 1. The Morgan fingerprint density at radius 1 is 1.43 bits per heavy atom. The summed E-state index contributed by atoms with van der Waals surface area (Å²) in [6.07, 6.45) is 3.62. The van der Waals surface area contributed by atoms with Crippen LogP contribution in [-0.2, 0) is 6.54 Å². The Kier molecular flexibility index (Phi) is 5.39. The lowest BCUT2D eigenvalue weighted by molar-refractivity contribution is 0.0947. The molecule has 0 saturated carbocycles. The number of hydrogen-bond donors (Lipinski definition) is 1. The Hall–Kier alpha value is -1.36. The second-order valence-corrected chi connectivity index (χ2v) is 6.18. The molecule has 0 bridgehead atoms. The summed E-state index contributed by atoms with van der Waals surface area (Å²) in [7, 11) is 2.18. The lowest BCUT2D eigenvalue weighted by Gasteiger charge is -2.29. The molecular weight excluding hydrogens is 264 g/mol. The van der Waals surface area contributed by atoms with E-state index in [-0.39, 0.29) is 5.91 Å². The van der Waals surface area contributed by atoms with Gasteiger partial charge in [-0.25, -0.2) is 0 Å². The van der Waals surface area contributed by atoms with Crippen molar-refractivity contribution in [2.45, 2.75) is 46.6 Å². The van der Waals surface area contributed by atoms with Crippen LogP contribution in [0.1, 0.15) is 47.9 Å². The van der Waals surface area contributed by atoms with Crippen LogP contribution in [0.2, 0.25) is 0 Å². The number of aromatic nitrogens is 2. The van der Waals surface area contributed by atoms with E-state index in [9.17, 15) is 4.79 Å². The zero-order valence-electron chi connectivity index (χ0n) is 13.8. The van der Waals surface area contributed by atoms with Gasteiger partial charge in [0.15, 0.2) is 0 Å². The van der Waals surface area contributed by atoms with E-state index >= 15 is 0 Å². The fraction of sp³-hybridized carbons (Fsp3) is 0.750. The summed E-state index contributed by atoms with van der Waals surface area (Å²) in [4.78, 5) is 14.7. The van der Waals surface area contributed by atoms with Crippen LogP contribution in [0.5, 0.6) is 0 Å². The number of rotatable bonds is 5. The van der Waals surface area contributed by atoms with Crippen molar-refractivity contribution in [2.24, 2.45) is 5.92 Å². The Labute approximate surface area is 127 Å². The first-order chi connectivity index (χ1) is 10.0. The predicted molar refractivity (Wildman–Crippen MR) is 84.5 cm³/mol. The first-order valence-corrected chi connectivity index (χ1v) is 8.03. The maximum absolute atomic E-state index is 12.3. The summed E-state index contributed by atoms with van der Waals surface area (Å²) < 4.78 is 1.89. The minimum absolute atomic E-state index is 0.0221. The average molecular weight is 292 g/mol. The molecule has 1 amide bonds. The summed E-state index contributed by atoms with van der Waals surface area (Å²) in [5, 5.41) is 7.48. The molecule has 5 nitrogen and oxygen atoms in total. The number of carbonyl (C=O) groups excluding carboxylic acids is 1. The fourth-order valence-electron chi connectivity index (χ4n) is 3.32. The molecule has 2 heterocycles. The third-order valence-corrected chi connectivity index (χ3v) is 4.47. The first-order valence-electron chi connectivity index (χ1n) is 8.03. The molecule has 1 aromatic rings. The van der Waals surface area contributed by atoms with Crippen LogP contribution >= 0.6 is 0 Å². The predicted octanol–water partition coefficient (Wildman–Crippen LogP) is 1.98. The molecule has 0 radical (unpaired) electrons. The fourth-order valence-corrected chi connectivity index (χ4v) is 3.32. The molecule has 0 spiro atoms. The van der Waals surface area contributed by atoms with E-state index in [4.69, 9.17) is 0 Å². The van der Waals surface area contributed by atoms with E-state index in [2.05, 4.69) is 22.4 Å². The SMILES string of the molecule is CCn1nc(C)c(C(=O)NCC[C@H]2CCCN(C)C2)c1C. The van der Waals surface area contributed by atoms with Gasteiger partial charge in [-0.15, -0.1) is 0 Å². The van der Waals surface area contributed by atoms with Crippen LogP contribution < -0.4 is 5.32 Å². The molecule has 1 aromatic heterocycles. The number of aryl methyl sites for hydroxylation is 2. The summed E-state index contributed by atoms with van der Waals surface area (Å²) in [5.41, 5.74) is 2.53. The molecule has 0 unspecified atom stereocenters. The minimum Gasteiger partial charge on any atom is -0.352 e. The zero-order chi connectivity index (χ0) is 15.4. The van der Waals surface area contributed by atoms with Gasteiger partial charge < -0.3 is 10.2 Å². The molecule has 1 N–H and O–H groups in total. The standard InChI is InChI=1S/C16H28N4O/c1-5-20-13(3)15(12(2)18-20)16(21)17-9-8-14-7-6-10-19(4)11-14/h14H,5-11H2,1-4H3,(H,17,21)/t14-/m1/s1. The van der Waals surface area contributed by atoms with Gasteiger partial charge in [0.05, 0.1) is 11.3 Å². The minimum atomic E-state index is 0.0221. The van der Waals surface area contributed by atoms with Crippen LogP contribution in [0, 0.1) is 19.8 Å². The van der Waals surface area contributed by atoms with Crippen molar-refractivity contribution in [3.8, 4) is 0 Å². The van der Waals surface area contributed by atoms with Crippen LogP contribution in [0.25, 0.3) is 0 Å². The highest BCUT2D eigenvalue weighted by molar-refractivity contribution is 5.96. The topological polar surface area (TPSA) is 50.2 Å². The van der Waals surface area contributed by atoms with E-state index < -0.39 is 0 Å². The van der Waals surface area contributed by atoms with Crippen molar-refractivity contribution in [2.75, 3.05) is 26.7 Å². The summed E-state index contributed by atoms with van der Waals surface area (Å²) >= 11 is 0. The summed E-state index contributed by atoms with van der Waals surface area (Å²) in [6.45, 7) is 9.83. The molecule has 0 aliphatic carbocycles. The quantitative estimate of drug-likeness (QED) is 0.903. The van der Waals surface area contributed by atoms with Crippen molar-refractivity contribution in [3.63, 3.8) is 0 Å². The normalized spacial score (nSPS) is 19.7. The molecule has 5 heteroatoms. The van der Waals surface area contributed by atoms with E-state index in [0.29, 0.717) is 5.92 Å². The number of likely N-dealkylation sites (tertiary alicyclic amines) is 1. The van der Waals surface area contributed by atoms with Gasteiger partial charge in [0, 0.05) is 25.3 Å². The van der Waals surface area contributed by atoms with Gasteiger partial charge >= 0.3 is 0 Å². The average Bonchev–Trinajstić information content (AvgIpc) is 2.73. The molecule has 1 aliphatic heterocycles. The second kappa shape index (κ2) is 7.07. The van der Waals surface area contributed by atoms with Crippen molar-refractivity contribution in [1.82, 2.24) is 20.0 Å². The summed E-state index contributed by atoms with van der Waals surface area (Å²) in [5.74, 6) is 0.735. The third kappa shape index (κ3) is 3.84. The maximum Gasteiger partial charge on any atom is 0.255 e. The van der Waals surface area contributed by atoms with E-state index in [1.54, 1.807) is 0 Å². The molecule has 1 aliphatic rings. The molecule has 1 saturated heterocycles. The van der Waals surface area contributed by atoms with E-state index in [0.717, 1.165) is 43.0 Å². The molecule has 21 heavy (non-hydrogen) atoms. The van der Waals surface area contributed by atoms with Gasteiger partial charge in [-0.1, -0.05) is 0 Å². The largest absolute Gasteiger partial charge is 0.352 e. The molecule has 1 fully saturated rings. The lowest BCUT2D eigenvalue weighted by atomic mass is 9.95. The number of nitrogens with one attached hydrogen (secondary N) is 1. The van der Waals surface area contributed by atoms with Crippen LogP contribution in [-0.4, -0.2) is 47.3 Å². The highest BCUT2D eigenvalue weighted by atomic mass is 16.1. The van der Waals surface area contributed by atoms with Gasteiger partial charge in [0.2, 0.25) is 0 Å². The lowest BCUT2D eigenvalue weighted by Crippen LogP contribution is -2.34. The molecular formula is C16H28N4O. The van der Waals surface area contributed by atoms with Gasteiger partial charge in [-0.05, 0) is 59.5 Å². The Morgan fingerprint density at radius 2 is 2.19 bits per heavy atom. The van der Waals surface area contributed by atoms with Gasteiger partial charge in [-0.2, -0.15) is 5.10 Å². The van der Waals surface area contributed by atoms with Gasteiger partial charge in [-0.3, -0.25) is 9.48 Å². The number of piperidine rings is 1. The van der Waals surface area contributed by atoms with E-state index in [1.807, 2.05) is 25.5 Å². The monoisotopic (exact) mass is 292 g/mol. The molecule has 118 valence electrons. The molecule has 2 rings (SSSR count). The second-order valence-electron chi connectivity index (χ2n) is 6.18. The first kappa shape index (κ1) is 16.0. The van der Waals surface area contributed by atoms with Crippen LogP contribution in [0.3, 0.4) is 0 Å². The molecule has 1 atom stereocenters.